The molecule has 2 aliphatic heterocycles. The third-order valence-electron chi connectivity index (χ3n) is 6.19. The van der Waals surface area contributed by atoms with Crippen LogP contribution >= 0.6 is 11.8 Å². The SMILES string of the molecule is CCn1c(CN2CCCCCC2=O)nnc1S[C@H](C)C(=O)N1c2ccccc2C[C@@H]1C. The normalized spacial score (nSPS) is 20.0. The van der Waals surface area contributed by atoms with E-state index in [0.29, 0.717) is 19.5 Å². The summed E-state index contributed by atoms with van der Waals surface area (Å²) in [5.41, 5.74) is 2.24. The van der Waals surface area contributed by atoms with Crippen LogP contribution in [0.1, 0.15) is 57.8 Å². The van der Waals surface area contributed by atoms with Gasteiger partial charge >= 0.3 is 0 Å². The van der Waals surface area contributed by atoms with Crippen LogP contribution in [-0.4, -0.2) is 49.3 Å². The van der Waals surface area contributed by atoms with Gasteiger partial charge < -0.3 is 14.4 Å². The molecule has 2 aromatic rings. The first-order chi connectivity index (χ1) is 15.0. The lowest BCUT2D eigenvalue weighted by Crippen LogP contribution is -2.40. The number of para-hydroxylation sites is 1. The lowest BCUT2D eigenvalue weighted by atomic mass is 10.1. The number of aromatic nitrogens is 3. The molecule has 1 saturated heterocycles. The highest BCUT2D eigenvalue weighted by Crippen LogP contribution is 2.34. The number of thioether (sulfide) groups is 1. The molecule has 2 aliphatic rings. The van der Waals surface area contributed by atoms with Crippen LogP contribution in [0.5, 0.6) is 0 Å². The van der Waals surface area contributed by atoms with Gasteiger partial charge in [0.25, 0.3) is 0 Å². The number of carbonyl (C=O) groups excluding carboxylic acids is 2. The molecule has 1 aromatic carbocycles. The lowest BCUT2D eigenvalue weighted by molar-refractivity contribution is -0.131. The summed E-state index contributed by atoms with van der Waals surface area (Å²) >= 11 is 1.45. The third kappa shape index (κ3) is 4.49. The first kappa shape index (κ1) is 21.9. The Kier molecular flexibility index (Phi) is 6.65. The minimum atomic E-state index is -0.282. The highest BCUT2D eigenvalue weighted by molar-refractivity contribution is 8.00. The van der Waals surface area contributed by atoms with Gasteiger partial charge in [-0.1, -0.05) is 36.4 Å². The van der Waals surface area contributed by atoms with Crippen LogP contribution in [0.4, 0.5) is 5.69 Å². The Bertz CT molecular complexity index is 959. The molecule has 0 aliphatic carbocycles. The van der Waals surface area contributed by atoms with Crippen LogP contribution in [0.3, 0.4) is 0 Å². The lowest BCUT2D eigenvalue weighted by Gasteiger charge is -2.25. The van der Waals surface area contributed by atoms with Crippen molar-refractivity contribution in [3.05, 3.63) is 35.7 Å². The van der Waals surface area contributed by atoms with E-state index < -0.39 is 0 Å². The number of fused-ring (bicyclic) bond motifs is 1. The Morgan fingerprint density at radius 2 is 2.03 bits per heavy atom. The number of hydrogen-bond donors (Lipinski definition) is 0. The molecule has 7 nitrogen and oxygen atoms in total. The summed E-state index contributed by atoms with van der Waals surface area (Å²) in [4.78, 5) is 29.5. The Hall–Kier alpha value is -2.35. The van der Waals surface area contributed by atoms with Gasteiger partial charge in [-0.3, -0.25) is 9.59 Å². The van der Waals surface area contributed by atoms with Gasteiger partial charge in [-0.15, -0.1) is 10.2 Å². The maximum absolute atomic E-state index is 13.3. The molecule has 2 amide bonds. The molecule has 0 bridgehead atoms. The molecule has 2 atom stereocenters. The number of likely N-dealkylation sites (tertiary alicyclic amines) is 1. The van der Waals surface area contributed by atoms with E-state index in [1.807, 2.05) is 46.4 Å². The van der Waals surface area contributed by atoms with Crippen LogP contribution in [0.15, 0.2) is 29.4 Å². The van der Waals surface area contributed by atoms with Crippen molar-refractivity contribution >= 4 is 29.3 Å². The Morgan fingerprint density at radius 3 is 2.84 bits per heavy atom. The van der Waals surface area contributed by atoms with Crippen molar-refractivity contribution < 1.29 is 9.59 Å². The predicted octanol–water partition coefficient (Wildman–Crippen LogP) is 3.66. The maximum atomic E-state index is 13.3. The first-order valence-corrected chi connectivity index (χ1v) is 12.1. The number of benzene rings is 1. The van der Waals surface area contributed by atoms with Crippen molar-refractivity contribution in [2.45, 2.75) is 82.4 Å². The highest BCUT2D eigenvalue weighted by atomic mass is 32.2. The van der Waals surface area contributed by atoms with Gasteiger partial charge in [0.15, 0.2) is 11.0 Å². The number of rotatable bonds is 6. The quantitative estimate of drug-likeness (QED) is 0.640. The summed E-state index contributed by atoms with van der Waals surface area (Å²) in [6, 6.07) is 8.29. The smallest absolute Gasteiger partial charge is 0.240 e. The second-order valence-corrected chi connectivity index (χ2v) is 9.73. The monoisotopic (exact) mass is 441 g/mol. The molecule has 0 unspecified atom stereocenters. The average Bonchev–Trinajstić information content (AvgIpc) is 3.22. The topological polar surface area (TPSA) is 71.3 Å². The summed E-state index contributed by atoms with van der Waals surface area (Å²) in [6.07, 6.45) is 4.60. The number of nitrogens with zero attached hydrogens (tertiary/aromatic N) is 5. The van der Waals surface area contributed by atoms with Gasteiger partial charge in [0.05, 0.1) is 11.8 Å². The van der Waals surface area contributed by atoms with Crippen LogP contribution in [0.2, 0.25) is 0 Å². The summed E-state index contributed by atoms with van der Waals surface area (Å²) in [5.74, 6) is 1.08. The fourth-order valence-corrected chi connectivity index (χ4v) is 5.50. The fraction of sp³-hybridized carbons (Fsp3) is 0.565. The van der Waals surface area contributed by atoms with Crippen molar-refractivity contribution in [1.29, 1.82) is 0 Å². The molecule has 0 spiro atoms. The van der Waals surface area contributed by atoms with Gasteiger partial charge in [0, 0.05) is 31.2 Å². The Balaban J connectivity index is 1.48. The van der Waals surface area contributed by atoms with Crippen LogP contribution in [0.25, 0.3) is 0 Å². The molecule has 3 heterocycles. The third-order valence-corrected chi connectivity index (χ3v) is 7.26. The van der Waals surface area contributed by atoms with Gasteiger partial charge in [0.2, 0.25) is 11.8 Å². The fourth-order valence-electron chi connectivity index (χ4n) is 4.52. The van der Waals surface area contributed by atoms with Gasteiger partial charge in [-0.05, 0) is 51.7 Å². The summed E-state index contributed by atoms with van der Waals surface area (Å²) in [6.45, 7) is 8.05. The number of carbonyl (C=O) groups is 2. The van der Waals surface area contributed by atoms with E-state index in [0.717, 1.165) is 48.9 Å². The first-order valence-electron chi connectivity index (χ1n) is 11.3. The molecule has 4 rings (SSSR count). The molecular weight excluding hydrogens is 410 g/mol. The molecule has 0 N–H and O–H groups in total. The van der Waals surface area contributed by atoms with Gasteiger partial charge in [0.1, 0.15) is 0 Å². The molecule has 1 aromatic heterocycles. The second kappa shape index (κ2) is 9.42. The largest absolute Gasteiger partial charge is 0.335 e. The van der Waals surface area contributed by atoms with E-state index in [9.17, 15) is 9.59 Å². The maximum Gasteiger partial charge on any atom is 0.240 e. The standard InChI is InChI=1S/C23H31N5O2S/c1-4-27-20(15-26-13-9-5-6-12-21(26)29)24-25-23(27)31-17(3)22(30)28-16(2)14-18-10-7-8-11-19(18)28/h7-8,10-11,16-17H,4-6,9,12-15H2,1-3H3/t16-,17+/m0/s1. The van der Waals surface area contributed by atoms with Crippen molar-refractivity contribution in [3.8, 4) is 0 Å². The molecule has 1 fully saturated rings. The minimum absolute atomic E-state index is 0.0948. The van der Waals surface area contributed by atoms with E-state index >= 15 is 0 Å². The van der Waals surface area contributed by atoms with Crippen molar-refractivity contribution in [2.24, 2.45) is 0 Å². The Morgan fingerprint density at radius 1 is 1.23 bits per heavy atom. The zero-order valence-corrected chi connectivity index (χ0v) is 19.4. The van der Waals surface area contributed by atoms with Crippen molar-refractivity contribution in [1.82, 2.24) is 19.7 Å². The molecule has 166 valence electrons. The number of anilines is 1. The zero-order valence-electron chi connectivity index (χ0n) is 18.6. The van der Waals surface area contributed by atoms with E-state index in [2.05, 4.69) is 23.2 Å². The van der Waals surface area contributed by atoms with Gasteiger partial charge in [-0.2, -0.15) is 0 Å². The second-order valence-electron chi connectivity index (χ2n) is 8.42. The molecule has 31 heavy (non-hydrogen) atoms. The molecule has 0 saturated carbocycles. The highest BCUT2D eigenvalue weighted by Gasteiger charge is 2.34. The van der Waals surface area contributed by atoms with Crippen LogP contribution in [-0.2, 0) is 29.1 Å². The number of amides is 2. The molecular formula is C23H31N5O2S. The summed E-state index contributed by atoms with van der Waals surface area (Å²) in [5, 5.41) is 9.22. The zero-order chi connectivity index (χ0) is 22.0. The number of hydrogen-bond acceptors (Lipinski definition) is 5. The van der Waals surface area contributed by atoms with E-state index in [1.165, 1.54) is 17.3 Å². The van der Waals surface area contributed by atoms with Crippen molar-refractivity contribution in [3.63, 3.8) is 0 Å². The average molecular weight is 442 g/mol. The Labute approximate surface area is 188 Å². The van der Waals surface area contributed by atoms with Crippen LogP contribution < -0.4 is 4.90 Å². The van der Waals surface area contributed by atoms with Crippen LogP contribution in [0, 0.1) is 0 Å². The molecule has 8 heteroatoms. The van der Waals surface area contributed by atoms with E-state index in [4.69, 9.17) is 0 Å². The summed E-state index contributed by atoms with van der Waals surface area (Å²) in [7, 11) is 0. The van der Waals surface area contributed by atoms with Crippen molar-refractivity contribution in [2.75, 3.05) is 11.4 Å². The molecule has 0 radical (unpaired) electrons. The van der Waals surface area contributed by atoms with E-state index in [-0.39, 0.29) is 23.1 Å². The van der Waals surface area contributed by atoms with Gasteiger partial charge in [-0.25, -0.2) is 0 Å². The summed E-state index contributed by atoms with van der Waals surface area (Å²) < 4.78 is 2.04. The predicted molar refractivity (Wildman–Crippen MR) is 122 cm³/mol. The minimum Gasteiger partial charge on any atom is -0.335 e. The van der Waals surface area contributed by atoms with E-state index in [1.54, 1.807) is 0 Å².